The van der Waals surface area contributed by atoms with Gasteiger partial charge in [-0.25, -0.2) is 14.2 Å². The van der Waals surface area contributed by atoms with Gasteiger partial charge in [-0.3, -0.25) is 9.55 Å². The van der Waals surface area contributed by atoms with Crippen LogP contribution in [0.15, 0.2) is 58.4 Å². The Morgan fingerprint density at radius 1 is 1.17 bits per heavy atom. The van der Waals surface area contributed by atoms with Gasteiger partial charge in [0.2, 0.25) is 5.95 Å². The van der Waals surface area contributed by atoms with E-state index in [0.717, 1.165) is 15.5 Å². The number of hydrogen-bond donors (Lipinski definition) is 2. The second-order valence-corrected chi connectivity index (χ2v) is 7.36. The van der Waals surface area contributed by atoms with E-state index in [1.807, 2.05) is 30.5 Å². The third-order valence-corrected chi connectivity index (χ3v) is 4.76. The van der Waals surface area contributed by atoms with E-state index in [1.54, 1.807) is 26.0 Å². The summed E-state index contributed by atoms with van der Waals surface area (Å²) in [7, 11) is 0. The molecule has 2 N–H and O–H groups in total. The maximum Gasteiger partial charge on any atom is 0.355 e. The molecular weight excluding hydrogens is 392 g/mol. The van der Waals surface area contributed by atoms with Crippen LogP contribution in [-0.2, 0) is 6.54 Å². The number of nitrogens with one attached hydrogen (secondary N) is 2. The average molecular weight is 411 g/mol. The van der Waals surface area contributed by atoms with Crippen molar-refractivity contribution in [2.45, 2.75) is 26.4 Å². The quantitative estimate of drug-likeness (QED) is 0.526. The molecule has 148 valence electrons. The molecule has 0 spiro atoms. The standard InChI is InChI=1S/C20H19ClN6O2/c1-12(2)27-19(28)25-18(24-15-5-6-17-13(9-15)7-8-22-17)26(20(27)29)11-16-4-3-14(21)10-23-16/h3-10,12,22H,11H2,1-2H3,(H,24,25,28). The number of aromatic amines is 1. The van der Waals surface area contributed by atoms with Gasteiger partial charge in [0.25, 0.3) is 0 Å². The molecule has 0 bridgehead atoms. The number of fused-ring (bicyclic) bond motifs is 1. The molecule has 0 saturated carbocycles. The first kappa shape index (κ1) is 18.9. The van der Waals surface area contributed by atoms with Gasteiger partial charge in [0.1, 0.15) is 0 Å². The van der Waals surface area contributed by atoms with Gasteiger partial charge in [0, 0.05) is 35.0 Å². The topological polar surface area (TPSA) is 97.6 Å². The molecule has 4 rings (SSSR count). The number of rotatable bonds is 5. The molecule has 0 amide bonds. The fraction of sp³-hybridized carbons (Fsp3) is 0.200. The third kappa shape index (κ3) is 3.79. The zero-order chi connectivity index (χ0) is 20.5. The third-order valence-electron chi connectivity index (χ3n) is 4.53. The fourth-order valence-corrected chi connectivity index (χ4v) is 3.22. The first-order valence-corrected chi connectivity index (χ1v) is 9.48. The Morgan fingerprint density at radius 2 is 2.00 bits per heavy atom. The molecule has 0 fully saturated rings. The zero-order valence-corrected chi connectivity index (χ0v) is 16.6. The number of benzene rings is 1. The minimum Gasteiger partial charge on any atom is -0.361 e. The van der Waals surface area contributed by atoms with Crippen molar-refractivity contribution in [3.8, 4) is 0 Å². The van der Waals surface area contributed by atoms with Crippen LogP contribution >= 0.6 is 11.6 Å². The summed E-state index contributed by atoms with van der Waals surface area (Å²) >= 11 is 5.91. The van der Waals surface area contributed by atoms with Crippen LogP contribution in [0.5, 0.6) is 0 Å². The highest BCUT2D eigenvalue weighted by Crippen LogP contribution is 2.20. The van der Waals surface area contributed by atoms with Gasteiger partial charge in [-0.2, -0.15) is 4.98 Å². The van der Waals surface area contributed by atoms with E-state index >= 15 is 0 Å². The second kappa shape index (κ2) is 7.56. The number of anilines is 2. The minimum atomic E-state index is -0.601. The fourth-order valence-electron chi connectivity index (χ4n) is 3.11. The molecule has 9 heteroatoms. The Balaban J connectivity index is 1.81. The molecule has 3 aromatic heterocycles. The minimum absolute atomic E-state index is 0.144. The van der Waals surface area contributed by atoms with Crippen LogP contribution in [0.4, 0.5) is 11.6 Å². The van der Waals surface area contributed by atoms with E-state index in [9.17, 15) is 9.59 Å². The van der Waals surface area contributed by atoms with Crippen molar-refractivity contribution in [2.24, 2.45) is 0 Å². The van der Waals surface area contributed by atoms with Crippen LogP contribution in [0.1, 0.15) is 25.6 Å². The van der Waals surface area contributed by atoms with Crippen molar-refractivity contribution < 1.29 is 0 Å². The number of H-pyrrole nitrogens is 1. The summed E-state index contributed by atoms with van der Waals surface area (Å²) in [5.41, 5.74) is 1.26. The average Bonchev–Trinajstić information content (AvgIpc) is 3.14. The Morgan fingerprint density at radius 3 is 2.72 bits per heavy atom. The maximum absolute atomic E-state index is 13.1. The SMILES string of the molecule is CC(C)n1c(=O)nc(Nc2ccc3[nH]ccc3c2)n(Cc2ccc(Cl)cn2)c1=O. The van der Waals surface area contributed by atoms with Crippen LogP contribution in [0, 0.1) is 0 Å². The van der Waals surface area contributed by atoms with Crippen LogP contribution in [0.25, 0.3) is 10.9 Å². The van der Waals surface area contributed by atoms with Gasteiger partial charge in [0.05, 0.1) is 17.3 Å². The Labute approximate surface area is 170 Å². The number of halogens is 1. The van der Waals surface area contributed by atoms with E-state index in [0.29, 0.717) is 16.4 Å². The van der Waals surface area contributed by atoms with E-state index in [-0.39, 0.29) is 18.5 Å². The highest BCUT2D eigenvalue weighted by molar-refractivity contribution is 6.30. The van der Waals surface area contributed by atoms with Crippen molar-refractivity contribution in [1.82, 2.24) is 24.1 Å². The molecule has 0 radical (unpaired) electrons. The van der Waals surface area contributed by atoms with Crippen molar-refractivity contribution in [3.63, 3.8) is 0 Å². The molecule has 0 aliphatic heterocycles. The number of pyridine rings is 1. The molecule has 0 aliphatic rings. The molecule has 0 unspecified atom stereocenters. The largest absolute Gasteiger partial charge is 0.361 e. The van der Waals surface area contributed by atoms with E-state index in [2.05, 4.69) is 20.3 Å². The predicted octanol–water partition coefficient (Wildman–Crippen LogP) is 3.31. The summed E-state index contributed by atoms with van der Waals surface area (Å²) in [5, 5.41) is 4.61. The van der Waals surface area contributed by atoms with E-state index in [1.165, 1.54) is 10.8 Å². The summed E-state index contributed by atoms with van der Waals surface area (Å²) in [6, 6.07) is 10.7. The summed E-state index contributed by atoms with van der Waals surface area (Å²) < 4.78 is 2.52. The van der Waals surface area contributed by atoms with Gasteiger partial charge in [-0.05, 0) is 50.2 Å². The first-order valence-electron chi connectivity index (χ1n) is 9.10. The Bertz CT molecular complexity index is 1290. The van der Waals surface area contributed by atoms with Crippen molar-refractivity contribution in [1.29, 1.82) is 0 Å². The van der Waals surface area contributed by atoms with Gasteiger partial charge >= 0.3 is 11.4 Å². The molecule has 4 aromatic rings. The lowest BCUT2D eigenvalue weighted by Gasteiger charge is -2.17. The van der Waals surface area contributed by atoms with E-state index in [4.69, 9.17) is 11.6 Å². The highest BCUT2D eigenvalue weighted by Gasteiger charge is 2.16. The Kier molecular flexibility index (Phi) is 4.94. The van der Waals surface area contributed by atoms with Crippen molar-refractivity contribution >= 4 is 34.1 Å². The lowest BCUT2D eigenvalue weighted by atomic mass is 10.2. The molecule has 1 aromatic carbocycles. The summed E-state index contributed by atoms with van der Waals surface area (Å²) in [4.78, 5) is 37.1. The van der Waals surface area contributed by atoms with Gasteiger partial charge in [-0.15, -0.1) is 0 Å². The monoisotopic (exact) mass is 410 g/mol. The molecule has 0 aliphatic carbocycles. The molecular formula is C20H19ClN6O2. The van der Waals surface area contributed by atoms with Gasteiger partial charge in [-0.1, -0.05) is 11.6 Å². The number of hydrogen-bond acceptors (Lipinski definition) is 5. The molecule has 0 saturated heterocycles. The van der Waals surface area contributed by atoms with Crippen LogP contribution in [-0.4, -0.2) is 24.1 Å². The molecule has 29 heavy (non-hydrogen) atoms. The molecule has 3 heterocycles. The lowest BCUT2D eigenvalue weighted by Crippen LogP contribution is -2.43. The second-order valence-electron chi connectivity index (χ2n) is 6.92. The maximum atomic E-state index is 13.1. The van der Waals surface area contributed by atoms with Gasteiger partial charge in [0.15, 0.2) is 0 Å². The molecule has 8 nitrogen and oxygen atoms in total. The normalized spacial score (nSPS) is 11.3. The van der Waals surface area contributed by atoms with Crippen LogP contribution in [0.2, 0.25) is 5.02 Å². The van der Waals surface area contributed by atoms with E-state index < -0.39 is 11.4 Å². The summed E-state index contributed by atoms with van der Waals surface area (Å²) in [6.45, 7) is 3.68. The number of aromatic nitrogens is 5. The molecule has 0 atom stereocenters. The lowest BCUT2D eigenvalue weighted by molar-refractivity contribution is 0.495. The highest BCUT2D eigenvalue weighted by atomic mass is 35.5. The zero-order valence-electron chi connectivity index (χ0n) is 15.9. The Hall–Kier alpha value is -3.39. The predicted molar refractivity (Wildman–Crippen MR) is 113 cm³/mol. The van der Waals surface area contributed by atoms with Crippen LogP contribution < -0.4 is 16.7 Å². The number of nitrogens with zero attached hydrogens (tertiary/aromatic N) is 4. The summed E-state index contributed by atoms with van der Waals surface area (Å²) in [5.74, 6) is 0.156. The smallest absolute Gasteiger partial charge is 0.355 e. The van der Waals surface area contributed by atoms with Gasteiger partial charge < -0.3 is 10.3 Å². The van der Waals surface area contributed by atoms with Crippen molar-refractivity contribution in [3.05, 3.63) is 80.5 Å². The first-order chi connectivity index (χ1) is 13.9. The summed E-state index contributed by atoms with van der Waals surface area (Å²) in [6.07, 6.45) is 3.36. The van der Waals surface area contributed by atoms with Crippen molar-refractivity contribution in [2.75, 3.05) is 5.32 Å². The van der Waals surface area contributed by atoms with Crippen LogP contribution in [0.3, 0.4) is 0 Å².